The molecule has 0 aliphatic rings. The second-order valence-corrected chi connectivity index (χ2v) is 6.08. The van der Waals surface area contributed by atoms with E-state index in [0.29, 0.717) is 28.0 Å². The molecule has 0 aliphatic heterocycles. The Kier molecular flexibility index (Phi) is 3.76. The molecule has 2 N–H and O–H groups in total. The number of rotatable bonds is 3. The number of ketones is 1. The van der Waals surface area contributed by atoms with Crippen LogP contribution in [0.1, 0.15) is 34.0 Å². The van der Waals surface area contributed by atoms with Crippen molar-refractivity contribution in [3.8, 4) is 11.5 Å². The van der Waals surface area contributed by atoms with Crippen LogP contribution in [-0.2, 0) is 11.2 Å². The van der Waals surface area contributed by atoms with Gasteiger partial charge >= 0.3 is 0 Å². The first-order valence-electron chi connectivity index (χ1n) is 7.80. The van der Waals surface area contributed by atoms with Gasteiger partial charge in [-0.05, 0) is 59.9 Å². The number of Topliss-reactive ketones (excluding diaryl/α,β-unsaturated/α-hetero) is 1. The summed E-state index contributed by atoms with van der Waals surface area (Å²) < 4.78 is 0. The van der Waals surface area contributed by atoms with Crippen LogP contribution in [0.15, 0.2) is 24.3 Å². The van der Waals surface area contributed by atoms with Crippen molar-refractivity contribution in [2.75, 3.05) is 0 Å². The molecule has 0 heterocycles. The minimum absolute atomic E-state index is 0.0184. The average molecular weight is 322 g/mol. The number of phenols is 2. The zero-order chi connectivity index (χ0) is 17.6. The molecule has 0 bridgehead atoms. The van der Waals surface area contributed by atoms with Crippen LogP contribution in [0.25, 0.3) is 21.5 Å². The molecule has 24 heavy (non-hydrogen) atoms. The SMILES string of the molecule is CCc1c(C)cc2c(C(=O)C=O)c3cc(C)cc(O)c3cc2c1O. The lowest BCUT2D eigenvalue weighted by atomic mass is 9.89. The van der Waals surface area contributed by atoms with Crippen LogP contribution in [-0.4, -0.2) is 22.3 Å². The van der Waals surface area contributed by atoms with Gasteiger partial charge in [0.2, 0.25) is 5.78 Å². The molecule has 0 aliphatic carbocycles. The maximum Gasteiger partial charge on any atom is 0.226 e. The zero-order valence-corrected chi connectivity index (χ0v) is 13.8. The van der Waals surface area contributed by atoms with Gasteiger partial charge in [-0.2, -0.15) is 0 Å². The third kappa shape index (κ3) is 2.22. The molecule has 0 fully saturated rings. The van der Waals surface area contributed by atoms with Gasteiger partial charge < -0.3 is 10.2 Å². The Hall–Kier alpha value is -2.88. The fraction of sp³-hybridized carbons (Fsp3) is 0.200. The van der Waals surface area contributed by atoms with Gasteiger partial charge in [-0.25, -0.2) is 0 Å². The first kappa shape index (κ1) is 16.0. The van der Waals surface area contributed by atoms with Gasteiger partial charge in [0, 0.05) is 16.3 Å². The summed E-state index contributed by atoms with van der Waals surface area (Å²) in [5.41, 5.74) is 2.65. The Morgan fingerprint density at radius 3 is 2.29 bits per heavy atom. The van der Waals surface area contributed by atoms with E-state index in [9.17, 15) is 19.8 Å². The molecule has 0 unspecified atom stereocenters. The summed E-state index contributed by atoms with van der Waals surface area (Å²) in [5, 5.41) is 22.9. The first-order chi connectivity index (χ1) is 11.4. The standard InChI is InChI=1S/C20H18O4/c1-4-12-11(3)7-15-16(20(12)24)8-13-14(19(15)18(23)9-21)5-10(2)6-17(13)22/h5-9,22,24H,4H2,1-3H3. The fourth-order valence-electron chi connectivity index (χ4n) is 3.41. The van der Waals surface area contributed by atoms with E-state index in [-0.39, 0.29) is 23.3 Å². The summed E-state index contributed by atoms with van der Waals surface area (Å²) in [6, 6.07) is 6.86. The Morgan fingerprint density at radius 1 is 1.00 bits per heavy atom. The first-order valence-corrected chi connectivity index (χ1v) is 7.80. The van der Waals surface area contributed by atoms with E-state index < -0.39 is 5.78 Å². The molecule has 3 rings (SSSR count). The van der Waals surface area contributed by atoms with Gasteiger partial charge in [-0.15, -0.1) is 0 Å². The van der Waals surface area contributed by atoms with Crippen LogP contribution in [0.3, 0.4) is 0 Å². The van der Waals surface area contributed by atoms with Gasteiger partial charge in [0.1, 0.15) is 11.5 Å². The topological polar surface area (TPSA) is 74.6 Å². The van der Waals surface area contributed by atoms with Gasteiger partial charge in [0.05, 0.1) is 0 Å². The van der Waals surface area contributed by atoms with Crippen LogP contribution in [0.4, 0.5) is 0 Å². The molecule has 0 spiro atoms. The van der Waals surface area contributed by atoms with Gasteiger partial charge in [-0.1, -0.05) is 19.1 Å². The van der Waals surface area contributed by atoms with Crippen LogP contribution >= 0.6 is 0 Å². The van der Waals surface area contributed by atoms with Gasteiger partial charge in [-0.3, -0.25) is 9.59 Å². The largest absolute Gasteiger partial charge is 0.507 e. The van der Waals surface area contributed by atoms with E-state index in [0.717, 1.165) is 16.7 Å². The summed E-state index contributed by atoms with van der Waals surface area (Å²) in [6.45, 7) is 5.61. The smallest absolute Gasteiger partial charge is 0.226 e. The van der Waals surface area contributed by atoms with E-state index in [1.807, 2.05) is 19.9 Å². The fourth-order valence-corrected chi connectivity index (χ4v) is 3.41. The number of carbonyl (C=O) groups excluding carboxylic acids is 2. The molecule has 122 valence electrons. The highest BCUT2D eigenvalue weighted by atomic mass is 16.3. The van der Waals surface area contributed by atoms with Crippen molar-refractivity contribution in [2.45, 2.75) is 27.2 Å². The lowest BCUT2D eigenvalue weighted by molar-refractivity contribution is -0.104. The molecule has 3 aromatic carbocycles. The van der Waals surface area contributed by atoms with Crippen molar-refractivity contribution in [2.24, 2.45) is 0 Å². The number of phenolic OH excluding ortho intramolecular Hbond substituents is 2. The summed E-state index contributed by atoms with van der Waals surface area (Å²) in [7, 11) is 0. The number of aryl methyl sites for hydroxylation is 2. The maximum absolute atomic E-state index is 12.3. The predicted molar refractivity (Wildman–Crippen MR) is 94.0 cm³/mol. The highest BCUT2D eigenvalue weighted by molar-refractivity contribution is 6.40. The van der Waals surface area contributed by atoms with Gasteiger partial charge in [0.15, 0.2) is 6.29 Å². The summed E-state index contributed by atoms with van der Waals surface area (Å²) >= 11 is 0. The molecule has 3 aromatic rings. The highest BCUT2D eigenvalue weighted by Gasteiger charge is 2.20. The Balaban J connectivity index is 2.65. The van der Waals surface area contributed by atoms with Crippen molar-refractivity contribution >= 4 is 33.6 Å². The number of fused-ring (bicyclic) bond motifs is 2. The third-order valence-electron chi connectivity index (χ3n) is 4.50. The highest BCUT2D eigenvalue weighted by Crippen LogP contribution is 2.40. The molecule has 0 radical (unpaired) electrons. The molecular formula is C20H18O4. The summed E-state index contributed by atoms with van der Waals surface area (Å²) in [6.07, 6.45) is 0.913. The number of aldehydes is 1. The second-order valence-electron chi connectivity index (χ2n) is 6.08. The number of carbonyl (C=O) groups is 2. The van der Waals surface area contributed by atoms with Crippen molar-refractivity contribution in [3.05, 3.63) is 46.5 Å². The van der Waals surface area contributed by atoms with E-state index in [1.165, 1.54) is 0 Å². The minimum atomic E-state index is -0.668. The molecule has 4 nitrogen and oxygen atoms in total. The van der Waals surface area contributed by atoms with Crippen molar-refractivity contribution < 1.29 is 19.8 Å². The molecule has 0 aromatic heterocycles. The molecular weight excluding hydrogens is 304 g/mol. The van der Waals surface area contributed by atoms with Crippen LogP contribution in [0.5, 0.6) is 11.5 Å². The minimum Gasteiger partial charge on any atom is -0.507 e. The van der Waals surface area contributed by atoms with E-state index in [4.69, 9.17) is 0 Å². The summed E-state index contributed by atoms with van der Waals surface area (Å²) in [5.74, 6) is -0.558. The Bertz CT molecular complexity index is 1020. The number of hydrogen-bond donors (Lipinski definition) is 2. The number of hydrogen-bond acceptors (Lipinski definition) is 4. The average Bonchev–Trinajstić information content (AvgIpc) is 2.53. The summed E-state index contributed by atoms with van der Waals surface area (Å²) in [4.78, 5) is 23.5. The molecule has 0 amide bonds. The van der Waals surface area contributed by atoms with E-state index in [1.54, 1.807) is 25.1 Å². The second kappa shape index (κ2) is 5.64. The maximum atomic E-state index is 12.3. The lowest BCUT2D eigenvalue weighted by Gasteiger charge is -2.15. The van der Waals surface area contributed by atoms with Crippen molar-refractivity contribution in [1.29, 1.82) is 0 Å². The number of benzene rings is 3. The normalized spacial score (nSPS) is 11.1. The number of aromatic hydroxyl groups is 2. The Labute approximate surface area is 139 Å². The van der Waals surface area contributed by atoms with Gasteiger partial charge in [0.25, 0.3) is 0 Å². The Morgan fingerprint density at radius 2 is 1.67 bits per heavy atom. The molecule has 0 atom stereocenters. The van der Waals surface area contributed by atoms with Crippen molar-refractivity contribution in [1.82, 2.24) is 0 Å². The molecule has 0 saturated carbocycles. The zero-order valence-electron chi connectivity index (χ0n) is 13.8. The molecule has 0 saturated heterocycles. The van der Waals surface area contributed by atoms with Crippen molar-refractivity contribution in [3.63, 3.8) is 0 Å². The quantitative estimate of drug-likeness (QED) is 0.331. The van der Waals surface area contributed by atoms with Crippen LogP contribution < -0.4 is 0 Å². The van der Waals surface area contributed by atoms with E-state index in [2.05, 4.69) is 0 Å². The molecule has 4 heteroatoms. The van der Waals surface area contributed by atoms with Crippen LogP contribution in [0.2, 0.25) is 0 Å². The third-order valence-corrected chi connectivity index (χ3v) is 4.50. The monoisotopic (exact) mass is 322 g/mol. The van der Waals surface area contributed by atoms with E-state index >= 15 is 0 Å². The lowest BCUT2D eigenvalue weighted by Crippen LogP contribution is -2.04. The van der Waals surface area contributed by atoms with Crippen LogP contribution in [0, 0.1) is 13.8 Å². The predicted octanol–water partition coefficient (Wildman–Crippen LogP) is 3.97.